The summed E-state index contributed by atoms with van der Waals surface area (Å²) in [6, 6.07) is 0. The van der Waals surface area contributed by atoms with Crippen molar-refractivity contribution in [1.82, 2.24) is 10.2 Å². The van der Waals surface area contributed by atoms with Crippen LogP contribution >= 0.6 is 24.0 Å². The van der Waals surface area contributed by atoms with Gasteiger partial charge in [0.15, 0.2) is 5.96 Å². The molecule has 0 radical (unpaired) electrons. The van der Waals surface area contributed by atoms with Crippen LogP contribution in [0.3, 0.4) is 0 Å². The summed E-state index contributed by atoms with van der Waals surface area (Å²) >= 11 is 0. The second-order valence-electron chi connectivity index (χ2n) is 7.42. The van der Waals surface area contributed by atoms with Gasteiger partial charge in [-0.25, -0.2) is 0 Å². The predicted octanol–water partition coefficient (Wildman–Crippen LogP) is 2.89. The fourth-order valence-electron chi connectivity index (χ4n) is 3.94. The van der Waals surface area contributed by atoms with Crippen molar-refractivity contribution < 1.29 is 9.47 Å². The quantitative estimate of drug-likeness (QED) is 0.280. The van der Waals surface area contributed by atoms with Gasteiger partial charge in [0.1, 0.15) is 0 Å². The Morgan fingerprint density at radius 2 is 2.25 bits per heavy atom. The van der Waals surface area contributed by atoms with Crippen molar-refractivity contribution in [1.29, 1.82) is 0 Å². The molecule has 2 aliphatic heterocycles. The number of aliphatic imine (C=N–C) groups is 1. The summed E-state index contributed by atoms with van der Waals surface area (Å²) in [4.78, 5) is 7.29. The highest BCUT2D eigenvalue weighted by atomic mass is 127. The molecule has 1 aliphatic carbocycles. The third-order valence-electron chi connectivity index (χ3n) is 5.57. The number of ether oxygens (including phenoxy) is 2. The summed E-state index contributed by atoms with van der Waals surface area (Å²) < 4.78 is 11.1. The standard InChI is InChI=1S/C18H33N3O2.HI/c1-2-19-17(21-10-8-18(15-21)6-3-7-18)20-9-4-11-22-13-16-5-12-23-14-16;/h16H,2-15H2,1H3,(H,19,20);1H. The molecule has 0 aromatic carbocycles. The molecule has 24 heavy (non-hydrogen) atoms. The molecular weight excluding hydrogens is 417 g/mol. The Kier molecular flexibility index (Phi) is 8.57. The molecule has 3 aliphatic rings. The Hall–Kier alpha value is -0.0800. The van der Waals surface area contributed by atoms with Crippen LogP contribution in [0.25, 0.3) is 0 Å². The molecule has 5 nitrogen and oxygen atoms in total. The molecule has 1 atom stereocenters. The maximum Gasteiger partial charge on any atom is 0.193 e. The second kappa shape index (κ2) is 10.2. The third kappa shape index (κ3) is 5.46. The minimum Gasteiger partial charge on any atom is -0.381 e. The lowest BCUT2D eigenvalue weighted by Crippen LogP contribution is -2.42. The Morgan fingerprint density at radius 1 is 1.38 bits per heavy atom. The molecular formula is C18H34IN3O2. The highest BCUT2D eigenvalue weighted by molar-refractivity contribution is 14.0. The average molecular weight is 451 g/mol. The largest absolute Gasteiger partial charge is 0.381 e. The van der Waals surface area contributed by atoms with Gasteiger partial charge in [-0.15, -0.1) is 24.0 Å². The molecule has 1 unspecified atom stereocenters. The summed E-state index contributed by atoms with van der Waals surface area (Å²) in [5.41, 5.74) is 0.628. The Bertz CT molecular complexity index is 396. The van der Waals surface area contributed by atoms with Crippen LogP contribution in [0.5, 0.6) is 0 Å². The van der Waals surface area contributed by atoms with Crippen molar-refractivity contribution in [3.05, 3.63) is 0 Å². The van der Waals surface area contributed by atoms with E-state index in [9.17, 15) is 0 Å². The predicted molar refractivity (Wildman–Crippen MR) is 108 cm³/mol. The minimum absolute atomic E-state index is 0. The van der Waals surface area contributed by atoms with Gasteiger partial charge in [-0.3, -0.25) is 4.99 Å². The molecule has 1 N–H and O–H groups in total. The number of nitrogens with zero attached hydrogens (tertiary/aromatic N) is 2. The SMILES string of the molecule is CCNC(=NCCCOCC1CCOC1)N1CCC2(CCC2)C1.I. The van der Waals surface area contributed by atoms with Gasteiger partial charge in [-0.1, -0.05) is 6.42 Å². The number of hydrogen-bond acceptors (Lipinski definition) is 3. The summed E-state index contributed by atoms with van der Waals surface area (Å²) in [5.74, 6) is 1.72. The van der Waals surface area contributed by atoms with Crippen LogP contribution in [0, 0.1) is 11.3 Å². The number of rotatable bonds is 7. The summed E-state index contributed by atoms with van der Waals surface area (Å²) in [5, 5.41) is 3.46. The highest BCUT2D eigenvalue weighted by Crippen LogP contribution is 2.47. The monoisotopic (exact) mass is 451 g/mol. The molecule has 3 rings (SSSR count). The topological polar surface area (TPSA) is 46.1 Å². The van der Waals surface area contributed by atoms with Crippen LogP contribution in [-0.2, 0) is 9.47 Å². The van der Waals surface area contributed by atoms with Crippen LogP contribution in [0.2, 0.25) is 0 Å². The first-order chi connectivity index (χ1) is 11.3. The van der Waals surface area contributed by atoms with Gasteiger partial charge in [0.05, 0.1) is 13.2 Å². The lowest BCUT2D eigenvalue weighted by molar-refractivity contribution is 0.0893. The van der Waals surface area contributed by atoms with Gasteiger partial charge < -0.3 is 19.7 Å². The second-order valence-corrected chi connectivity index (χ2v) is 7.42. The maximum atomic E-state index is 5.76. The zero-order chi connectivity index (χ0) is 16.0. The molecule has 2 heterocycles. The van der Waals surface area contributed by atoms with Gasteiger partial charge in [0.25, 0.3) is 0 Å². The van der Waals surface area contributed by atoms with Gasteiger partial charge in [-0.2, -0.15) is 0 Å². The van der Waals surface area contributed by atoms with Crippen molar-refractivity contribution >= 4 is 29.9 Å². The normalized spacial score (nSPS) is 25.6. The summed E-state index contributed by atoms with van der Waals surface area (Å²) in [7, 11) is 0. The van der Waals surface area contributed by atoms with E-state index in [2.05, 4.69) is 17.1 Å². The number of halogens is 1. The van der Waals surface area contributed by atoms with Crippen molar-refractivity contribution in [3.8, 4) is 0 Å². The smallest absolute Gasteiger partial charge is 0.193 e. The zero-order valence-corrected chi connectivity index (χ0v) is 17.4. The molecule has 2 saturated heterocycles. The van der Waals surface area contributed by atoms with Crippen LogP contribution in [-0.4, -0.2) is 63.5 Å². The van der Waals surface area contributed by atoms with Crippen LogP contribution in [0.15, 0.2) is 4.99 Å². The molecule has 0 amide bonds. The van der Waals surface area contributed by atoms with E-state index in [-0.39, 0.29) is 24.0 Å². The number of likely N-dealkylation sites (tertiary alicyclic amines) is 1. The highest BCUT2D eigenvalue weighted by Gasteiger charge is 2.43. The molecule has 140 valence electrons. The number of guanidine groups is 1. The van der Waals surface area contributed by atoms with E-state index >= 15 is 0 Å². The van der Waals surface area contributed by atoms with Crippen molar-refractivity contribution in [2.24, 2.45) is 16.3 Å². The third-order valence-corrected chi connectivity index (χ3v) is 5.57. The van der Waals surface area contributed by atoms with Crippen molar-refractivity contribution in [2.45, 2.75) is 45.4 Å². The lowest BCUT2D eigenvalue weighted by Gasteiger charge is -2.38. The van der Waals surface area contributed by atoms with Crippen LogP contribution in [0.1, 0.15) is 45.4 Å². The summed E-state index contributed by atoms with van der Waals surface area (Å²) in [6.45, 7) is 9.76. The molecule has 0 bridgehead atoms. The van der Waals surface area contributed by atoms with E-state index in [0.717, 1.165) is 58.3 Å². The van der Waals surface area contributed by atoms with Gasteiger partial charge >= 0.3 is 0 Å². The summed E-state index contributed by atoms with van der Waals surface area (Å²) in [6.07, 6.45) is 7.76. The zero-order valence-electron chi connectivity index (χ0n) is 15.1. The first-order valence-electron chi connectivity index (χ1n) is 9.50. The number of hydrogen-bond donors (Lipinski definition) is 1. The fourth-order valence-corrected chi connectivity index (χ4v) is 3.94. The van der Waals surface area contributed by atoms with Gasteiger partial charge in [0.2, 0.25) is 0 Å². The van der Waals surface area contributed by atoms with E-state index in [1.54, 1.807) is 0 Å². The van der Waals surface area contributed by atoms with E-state index in [1.165, 1.54) is 38.8 Å². The molecule has 3 fully saturated rings. The first kappa shape index (κ1) is 20.2. The van der Waals surface area contributed by atoms with Crippen molar-refractivity contribution in [2.75, 3.05) is 52.6 Å². The van der Waals surface area contributed by atoms with E-state index < -0.39 is 0 Å². The van der Waals surface area contributed by atoms with Crippen molar-refractivity contribution in [3.63, 3.8) is 0 Å². The molecule has 6 heteroatoms. The molecule has 1 spiro atoms. The van der Waals surface area contributed by atoms with Crippen LogP contribution in [0.4, 0.5) is 0 Å². The Morgan fingerprint density at radius 3 is 2.88 bits per heavy atom. The van der Waals surface area contributed by atoms with Gasteiger partial charge in [-0.05, 0) is 44.4 Å². The first-order valence-corrected chi connectivity index (χ1v) is 9.50. The lowest BCUT2D eigenvalue weighted by atomic mass is 9.68. The molecule has 0 aromatic heterocycles. The van der Waals surface area contributed by atoms with Crippen LogP contribution < -0.4 is 5.32 Å². The Labute approximate surface area is 164 Å². The number of nitrogens with one attached hydrogen (secondary N) is 1. The van der Waals surface area contributed by atoms with Gasteiger partial charge in [0, 0.05) is 45.3 Å². The fraction of sp³-hybridized carbons (Fsp3) is 0.944. The average Bonchev–Trinajstić information content (AvgIpc) is 3.18. The maximum absolute atomic E-state index is 5.76. The van der Waals surface area contributed by atoms with E-state index in [4.69, 9.17) is 14.5 Å². The van der Waals surface area contributed by atoms with E-state index in [1.807, 2.05) is 0 Å². The molecule has 1 saturated carbocycles. The van der Waals surface area contributed by atoms with E-state index in [0.29, 0.717) is 11.3 Å². The minimum atomic E-state index is 0. The Balaban J connectivity index is 0.00000208. The molecule has 0 aromatic rings.